The third-order valence-corrected chi connectivity index (χ3v) is 3.55. The molecule has 1 aromatic carbocycles. The number of benzene rings is 1. The summed E-state index contributed by atoms with van der Waals surface area (Å²) in [6, 6.07) is 7.32. The molecule has 23 heavy (non-hydrogen) atoms. The molecule has 6 nitrogen and oxygen atoms in total. The number of halogens is 1. The van der Waals surface area contributed by atoms with Gasteiger partial charge in [-0.25, -0.2) is 9.37 Å². The van der Waals surface area contributed by atoms with E-state index in [1.54, 1.807) is 12.1 Å². The van der Waals surface area contributed by atoms with Crippen LogP contribution in [0.5, 0.6) is 0 Å². The average Bonchev–Trinajstić information content (AvgIpc) is 2.93. The molecule has 0 fully saturated rings. The topological polar surface area (TPSA) is 90.9 Å². The minimum atomic E-state index is -0.984. The van der Waals surface area contributed by atoms with Crippen LogP contribution in [0.4, 0.5) is 4.39 Å². The first-order valence-electron chi connectivity index (χ1n) is 7.07. The minimum absolute atomic E-state index is 0.0231. The Morgan fingerprint density at radius 3 is 3.04 bits per heavy atom. The van der Waals surface area contributed by atoms with Crippen LogP contribution in [0, 0.1) is 12.7 Å². The second kappa shape index (κ2) is 6.13. The number of aromatic amines is 1. The maximum absolute atomic E-state index is 13.1. The molecule has 3 aromatic rings. The predicted molar refractivity (Wildman–Crippen MR) is 82.3 cm³/mol. The first kappa shape index (κ1) is 15.1. The molecule has 0 aliphatic carbocycles. The molecule has 0 saturated heterocycles. The molecular formula is C16H15FN4O2. The average molecular weight is 314 g/mol. The van der Waals surface area contributed by atoms with E-state index in [1.165, 1.54) is 24.4 Å². The van der Waals surface area contributed by atoms with Crippen molar-refractivity contribution in [2.75, 3.05) is 6.54 Å². The molecule has 0 radical (unpaired) electrons. The fraction of sp³-hybridized carbons (Fsp3) is 0.188. The fourth-order valence-corrected chi connectivity index (χ4v) is 2.27. The van der Waals surface area contributed by atoms with Gasteiger partial charge in [0.15, 0.2) is 5.65 Å². The molecule has 0 saturated carbocycles. The lowest BCUT2D eigenvalue weighted by atomic mass is 10.1. The third kappa shape index (κ3) is 3.19. The Labute approximate surface area is 131 Å². The van der Waals surface area contributed by atoms with Crippen LogP contribution in [-0.4, -0.2) is 32.7 Å². The number of H-pyrrole nitrogens is 1. The number of aliphatic hydroxyl groups excluding tert-OH is 1. The summed E-state index contributed by atoms with van der Waals surface area (Å²) in [7, 11) is 0. The molecule has 2 aromatic heterocycles. The fourth-order valence-electron chi connectivity index (χ4n) is 2.27. The molecule has 0 spiro atoms. The highest BCUT2D eigenvalue weighted by Gasteiger charge is 2.13. The number of carbonyl (C=O) groups excluding carboxylic acids is 1. The molecule has 7 heteroatoms. The monoisotopic (exact) mass is 314 g/mol. The molecule has 3 N–H and O–H groups in total. The number of rotatable bonds is 4. The lowest BCUT2D eigenvalue weighted by Gasteiger charge is -2.12. The van der Waals surface area contributed by atoms with E-state index in [1.807, 2.05) is 6.92 Å². The zero-order valence-corrected chi connectivity index (χ0v) is 12.4. The molecule has 1 amide bonds. The van der Waals surface area contributed by atoms with Crippen LogP contribution in [0.2, 0.25) is 0 Å². The largest absolute Gasteiger partial charge is 0.387 e. The maximum atomic E-state index is 13.1. The van der Waals surface area contributed by atoms with Gasteiger partial charge >= 0.3 is 0 Å². The number of nitrogens with zero attached hydrogens (tertiary/aromatic N) is 2. The Morgan fingerprint density at radius 2 is 2.26 bits per heavy atom. The lowest BCUT2D eigenvalue weighted by molar-refractivity contribution is 0.0916. The van der Waals surface area contributed by atoms with Crippen molar-refractivity contribution in [2.24, 2.45) is 0 Å². The molecule has 1 atom stereocenters. The summed E-state index contributed by atoms with van der Waals surface area (Å²) >= 11 is 0. The van der Waals surface area contributed by atoms with Gasteiger partial charge in [-0.15, -0.1) is 0 Å². The Balaban J connectivity index is 1.69. The van der Waals surface area contributed by atoms with Gasteiger partial charge in [-0.3, -0.25) is 9.89 Å². The molecule has 0 aliphatic rings. The zero-order valence-electron chi connectivity index (χ0n) is 12.4. The summed E-state index contributed by atoms with van der Waals surface area (Å²) in [5.41, 5.74) is 2.14. The van der Waals surface area contributed by atoms with Gasteiger partial charge < -0.3 is 10.4 Å². The van der Waals surface area contributed by atoms with Gasteiger partial charge in [0.05, 0.1) is 11.7 Å². The molecule has 1 unspecified atom stereocenters. The third-order valence-electron chi connectivity index (χ3n) is 3.55. The first-order chi connectivity index (χ1) is 11.0. The number of hydrogen-bond acceptors (Lipinski definition) is 4. The lowest BCUT2D eigenvalue weighted by Crippen LogP contribution is -2.28. The van der Waals surface area contributed by atoms with Gasteiger partial charge in [0.25, 0.3) is 5.91 Å². The maximum Gasteiger partial charge on any atom is 0.252 e. The molecule has 118 valence electrons. The van der Waals surface area contributed by atoms with Gasteiger partial charge in [-0.2, -0.15) is 5.10 Å². The molecule has 0 aliphatic heterocycles. The quantitative estimate of drug-likeness (QED) is 0.685. The number of carbonyl (C=O) groups is 1. The summed E-state index contributed by atoms with van der Waals surface area (Å²) in [5.74, 6) is -0.798. The Kier molecular flexibility index (Phi) is 4.03. The van der Waals surface area contributed by atoms with Gasteiger partial charge in [0, 0.05) is 23.8 Å². The number of amides is 1. The first-order valence-corrected chi connectivity index (χ1v) is 7.07. The van der Waals surface area contributed by atoms with Crippen LogP contribution in [0.3, 0.4) is 0 Å². The number of nitrogens with one attached hydrogen (secondary N) is 2. The van der Waals surface area contributed by atoms with E-state index < -0.39 is 11.9 Å². The zero-order chi connectivity index (χ0) is 16.4. The second-order valence-electron chi connectivity index (χ2n) is 5.22. The van der Waals surface area contributed by atoms with Gasteiger partial charge in [0.1, 0.15) is 5.82 Å². The summed E-state index contributed by atoms with van der Waals surface area (Å²) < 4.78 is 13.1. The predicted octanol–water partition coefficient (Wildman–Crippen LogP) is 1.87. The van der Waals surface area contributed by atoms with Crippen LogP contribution in [0.15, 0.2) is 36.5 Å². The normalized spacial score (nSPS) is 12.3. The Morgan fingerprint density at radius 1 is 1.43 bits per heavy atom. The number of hydrogen-bond donors (Lipinski definition) is 3. The van der Waals surface area contributed by atoms with Crippen LogP contribution in [0.1, 0.15) is 27.7 Å². The number of aromatic nitrogens is 3. The molecule has 0 bridgehead atoms. The summed E-state index contributed by atoms with van der Waals surface area (Å²) in [5, 5.41) is 20.2. The van der Waals surface area contributed by atoms with Crippen LogP contribution in [-0.2, 0) is 0 Å². The minimum Gasteiger partial charge on any atom is -0.387 e. The van der Waals surface area contributed by atoms with Gasteiger partial charge in [-0.1, -0.05) is 12.1 Å². The highest BCUT2D eigenvalue weighted by Crippen LogP contribution is 2.15. The molecule has 3 rings (SSSR count). The van der Waals surface area contributed by atoms with Crippen molar-refractivity contribution in [2.45, 2.75) is 13.0 Å². The SMILES string of the molecule is Cc1[nH]nc2ncc(C(=O)NCC(O)c3cccc(F)c3)cc12. The van der Waals surface area contributed by atoms with E-state index in [0.717, 1.165) is 11.1 Å². The Hall–Kier alpha value is -2.80. The summed E-state index contributed by atoms with van der Waals surface area (Å²) in [6.07, 6.45) is 0.439. The number of aryl methyl sites for hydroxylation is 1. The summed E-state index contributed by atoms with van der Waals surface area (Å²) in [6.45, 7) is 1.82. The van der Waals surface area contributed by atoms with Crippen molar-refractivity contribution in [3.63, 3.8) is 0 Å². The number of pyridine rings is 1. The van der Waals surface area contributed by atoms with Crippen molar-refractivity contribution in [3.05, 3.63) is 59.2 Å². The van der Waals surface area contributed by atoms with E-state index in [-0.39, 0.29) is 12.5 Å². The van der Waals surface area contributed by atoms with Gasteiger partial charge in [0.2, 0.25) is 0 Å². The van der Waals surface area contributed by atoms with Crippen LogP contribution < -0.4 is 5.32 Å². The van der Waals surface area contributed by atoms with Gasteiger partial charge in [-0.05, 0) is 30.7 Å². The summed E-state index contributed by atoms with van der Waals surface area (Å²) in [4.78, 5) is 16.3. The Bertz CT molecular complexity index is 862. The molecule has 2 heterocycles. The standard InChI is InChI=1S/C16H15FN4O2/c1-9-13-6-11(7-18-15(13)21-20-9)16(23)19-8-14(22)10-3-2-4-12(17)5-10/h2-7,14,22H,8H2,1H3,(H,19,23)(H,18,20,21). The second-order valence-corrected chi connectivity index (χ2v) is 5.22. The number of aliphatic hydroxyl groups is 1. The number of fused-ring (bicyclic) bond motifs is 1. The van der Waals surface area contributed by atoms with Crippen molar-refractivity contribution >= 4 is 16.9 Å². The van der Waals surface area contributed by atoms with E-state index in [4.69, 9.17) is 0 Å². The van der Waals surface area contributed by atoms with Crippen molar-refractivity contribution in [1.29, 1.82) is 0 Å². The van der Waals surface area contributed by atoms with Crippen molar-refractivity contribution < 1.29 is 14.3 Å². The van der Waals surface area contributed by atoms with E-state index in [0.29, 0.717) is 16.8 Å². The van der Waals surface area contributed by atoms with Crippen LogP contribution in [0.25, 0.3) is 11.0 Å². The van der Waals surface area contributed by atoms with E-state index >= 15 is 0 Å². The smallest absolute Gasteiger partial charge is 0.252 e. The highest BCUT2D eigenvalue weighted by molar-refractivity contribution is 5.97. The molecular weight excluding hydrogens is 299 g/mol. The van der Waals surface area contributed by atoms with E-state index in [9.17, 15) is 14.3 Å². The highest BCUT2D eigenvalue weighted by atomic mass is 19.1. The van der Waals surface area contributed by atoms with Crippen LogP contribution >= 0.6 is 0 Å². The van der Waals surface area contributed by atoms with Crippen molar-refractivity contribution in [1.82, 2.24) is 20.5 Å². The van der Waals surface area contributed by atoms with E-state index in [2.05, 4.69) is 20.5 Å². The van der Waals surface area contributed by atoms with Crippen molar-refractivity contribution in [3.8, 4) is 0 Å².